The Morgan fingerprint density at radius 2 is 1.61 bits per heavy atom. The van der Waals surface area contributed by atoms with Crippen molar-refractivity contribution >= 4 is 5.91 Å². The molecule has 1 amide bonds. The summed E-state index contributed by atoms with van der Waals surface area (Å²) in [5.41, 5.74) is 2.30. The molecule has 0 unspecified atom stereocenters. The van der Waals surface area contributed by atoms with Crippen LogP contribution in [0.5, 0.6) is 0 Å². The van der Waals surface area contributed by atoms with Gasteiger partial charge in [-0.25, -0.2) is 0 Å². The van der Waals surface area contributed by atoms with Crippen LogP contribution in [0, 0.1) is 19.1 Å². The quantitative estimate of drug-likeness (QED) is 0.460. The van der Waals surface area contributed by atoms with E-state index in [4.69, 9.17) is 0 Å². The van der Waals surface area contributed by atoms with E-state index < -0.39 is 11.7 Å². The van der Waals surface area contributed by atoms with Crippen molar-refractivity contribution in [1.29, 1.82) is 0 Å². The molecule has 2 fully saturated rings. The Morgan fingerprint density at radius 3 is 2.14 bits per heavy atom. The van der Waals surface area contributed by atoms with Crippen molar-refractivity contribution in [2.24, 2.45) is 0 Å². The number of benzene rings is 1. The molecule has 2 aliphatic heterocycles. The van der Waals surface area contributed by atoms with Gasteiger partial charge >= 0.3 is 6.18 Å². The lowest BCUT2D eigenvalue weighted by Gasteiger charge is -2.47. The summed E-state index contributed by atoms with van der Waals surface area (Å²) in [7, 11) is 0. The number of carbonyl (C=O) groups excluding carboxylic acids is 1. The summed E-state index contributed by atoms with van der Waals surface area (Å²) >= 11 is 0. The standard InChI is InChI=1S/C27H35F3N4O2/c1-18-15-33(36)16-19(2)25(18)26(35)31-11-9-24(10-12-31)32-13-14-34(20(3)17-32)21(4)22-5-7-23(8-6-22)27(28,29)30/h5-8,15-16,20-21,24H,9-14,17H2,1-4H3/t20-,21+/m0/s1. The van der Waals surface area contributed by atoms with Crippen LogP contribution in [0.25, 0.3) is 0 Å². The number of hydrogen-bond acceptors (Lipinski definition) is 4. The normalized spacial score (nSPS) is 21.5. The molecule has 0 spiro atoms. The van der Waals surface area contributed by atoms with E-state index in [1.165, 1.54) is 24.5 Å². The molecule has 2 saturated heterocycles. The fraction of sp³-hybridized carbons (Fsp3) is 0.556. The van der Waals surface area contributed by atoms with E-state index in [9.17, 15) is 23.2 Å². The minimum absolute atomic E-state index is 0.00685. The van der Waals surface area contributed by atoms with Gasteiger partial charge < -0.3 is 10.1 Å². The van der Waals surface area contributed by atoms with Crippen LogP contribution in [0.1, 0.15) is 65.3 Å². The van der Waals surface area contributed by atoms with Crippen LogP contribution >= 0.6 is 0 Å². The van der Waals surface area contributed by atoms with Crippen molar-refractivity contribution in [3.8, 4) is 0 Å². The first kappa shape index (κ1) is 26.4. The number of aromatic nitrogens is 1. The smallest absolute Gasteiger partial charge is 0.416 e. The molecule has 3 heterocycles. The van der Waals surface area contributed by atoms with Crippen LogP contribution in [-0.2, 0) is 6.18 Å². The SMILES string of the molecule is Cc1c[n+]([O-])cc(C)c1C(=O)N1CCC(N2CCN([C@H](C)c3ccc(C(F)(F)F)cc3)[C@@H](C)C2)CC1. The minimum atomic E-state index is -4.32. The molecule has 36 heavy (non-hydrogen) atoms. The molecule has 2 aliphatic rings. The van der Waals surface area contributed by atoms with Gasteiger partial charge in [0.15, 0.2) is 12.4 Å². The van der Waals surface area contributed by atoms with Crippen molar-refractivity contribution in [2.45, 2.75) is 64.8 Å². The molecule has 6 nitrogen and oxygen atoms in total. The Balaban J connectivity index is 1.32. The zero-order valence-electron chi connectivity index (χ0n) is 21.4. The van der Waals surface area contributed by atoms with Crippen molar-refractivity contribution < 1.29 is 22.7 Å². The van der Waals surface area contributed by atoms with E-state index in [2.05, 4.69) is 23.6 Å². The van der Waals surface area contributed by atoms with Crippen molar-refractivity contribution in [3.05, 3.63) is 69.7 Å². The molecule has 1 aromatic carbocycles. The van der Waals surface area contributed by atoms with Gasteiger partial charge in [-0.15, -0.1) is 0 Å². The van der Waals surface area contributed by atoms with Crippen LogP contribution in [0.4, 0.5) is 13.2 Å². The Morgan fingerprint density at radius 1 is 1.03 bits per heavy atom. The van der Waals surface area contributed by atoms with Crippen molar-refractivity contribution in [2.75, 3.05) is 32.7 Å². The fourth-order valence-electron chi connectivity index (χ4n) is 5.84. The topological polar surface area (TPSA) is 53.7 Å². The molecule has 0 N–H and O–H groups in total. The third kappa shape index (κ3) is 5.52. The van der Waals surface area contributed by atoms with Gasteiger partial charge in [-0.1, -0.05) is 12.1 Å². The van der Waals surface area contributed by atoms with Crippen LogP contribution in [0.2, 0.25) is 0 Å². The van der Waals surface area contributed by atoms with E-state index in [-0.39, 0.29) is 18.0 Å². The average Bonchev–Trinajstić information content (AvgIpc) is 2.82. The highest BCUT2D eigenvalue weighted by Crippen LogP contribution is 2.32. The van der Waals surface area contributed by atoms with E-state index in [1.807, 2.05) is 4.90 Å². The Labute approximate surface area is 210 Å². The molecule has 0 aliphatic carbocycles. The number of rotatable bonds is 4. The van der Waals surface area contributed by atoms with Crippen molar-refractivity contribution in [3.63, 3.8) is 0 Å². The molecule has 0 radical (unpaired) electrons. The molecule has 2 atom stereocenters. The average molecular weight is 505 g/mol. The number of pyridine rings is 1. The minimum Gasteiger partial charge on any atom is -0.619 e. The number of alkyl halides is 3. The van der Waals surface area contributed by atoms with E-state index in [0.717, 1.165) is 42.8 Å². The van der Waals surface area contributed by atoms with Gasteiger partial charge in [0.05, 0.1) is 11.1 Å². The Hall–Kier alpha value is -2.65. The number of carbonyl (C=O) groups is 1. The molecule has 2 aromatic rings. The maximum Gasteiger partial charge on any atom is 0.416 e. The Kier molecular flexibility index (Phi) is 7.61. The van der Waals surface area contributed by atoms with Crippen LogP contribution in [0.15, 0.2) is 36.7 Å². The molecular weight excluding hydrogens is 469 g/mol. The lowest BCUT2D eigenvalue weighted by atomic mass is 9.97. The summed E-state index contributed by atoms with van der Waals surface area (Å²) in [6.07, 6.45) is 0.372. The zero-order valence-corrected chi connectivity index (χ0v) is 21.4. The second kappa shape index (κ2) is 10.4. The maximum atomic E-state index is 13.1. The summed E-state index contributed by atoms with van der Waals surface area (Å²) in [5.74, 6) is -0.00685. The van der Waals surface area contributed by atoms with Gasteiger partial charge in [0.2, 0.25) is 0 Å². The van der Waals surface area contributed by atoms with Gasteiger partial charge in [0.1, 0.15) is 0 Å². The van der Waals surface area contributed by atoms with Crippen molar-refractivity contribution in [1.82, 2.24) is 14.7 Å². The molecule has 0 bridgehead atoms. The second-order valence-corrected chi connectivity index (χ2v) is 10.3. The molecule has 1 aromatic heterocycles. The summed E-state index contributed by atoms with van der Waals surface area (Å²) in [6.45, 7) is 11.8. The van der Waals surface area contributed by atoms with Gasteiger partial charge in [-0.05, 0) is 58.2 Å². The highest BCUT2D eigenvalue weighted by molar-refractivity contribution is 5.96. The van der Waals surface area contributed by atoms with E-state index >= 15 is 0 Å². The Bertz CT molecular complexity index is 1060. The number of amides is 1. The number of aryl methyl sites for hydroxylation is 2. The van der Waals surface area contributed by atoms with Crippen LogP contribution in [0.3, 0.4) is 0 Å². The van der Waals surface area contributed by atoms with Crippen LogP contribution < -0.4 is 4.73 Å². The van der Waals surface area contributed by atoms with Gasteiger partial charge in [-0.3, -0.25) is 14.6 Å². The summed E-state index contributed by atoms with van der Waals surface area (Å²) < 4.78 is 39.5. The van der Waals surface area contributed by atoms with E-state index in [1.54, 1.807) is 26.0 Å². The number of nitrogens with zero attached hydrogens (tertiary/aromatic N) is 4. The molecule has 196 valence electrons. The van der Waals surface area contributed by atoms with Gasteiger partial charge in [0.25, 0.3) is 5.91 Å². The number of hydrogen-bond donors (Lipinski definition) is 0. The monoisotopic (exact) mass is 504 g/mol. The number of piperidine rings is 1. The summed E-state index contributed by atoms with van der Waals surface area (Å²) in [5, 5.41) is 11.6. The van der Waals surface area contributed by atoms with E-state index in [0.29, 0.717) is 35.8 Å². The first-order chi connectivity index (χ1) is 17.0. The molecule has 0 saturated carbocycles. The molecule has 4 rings (SSSR count). The highest BCUT2D eigenvalue weighted by Gasteiger charge is 2.35. The third-order valence-electron chi connectivity index (χ3n) is 7.84. The van der Waals surface area contributed by atoms with Crippen LogP contribution in [-0.4, -0.2) is 65.4 Å². The summed E-state index contributed by atoms with van der Waals surface area (Å²) in [6, 6.07) is 6.22. The number of halogens is 3. The maximum absolute atomic E-state index is 13.1. The first-order valence-electron chi connectivity index (χ1n) is 12.6. The lowest BCUT2D eigenvalue weighted by Crippen LogP contribution is -2.57. The van der Waals surface area contributed by atoms with Gasteiger partial charge in [0, 0.05) is 62.0 Å². The summed E-state index contributed by atoms with van der Waals surface area (Å²) in [4.78, 5) is 19.9. The molecular formula is C27H35F3N4O2. The lowest BCUT2D eigenvalue weighted by molar-refractivity contribution is -0.606. The number of piperazine rings is 1. The second-order valence-electron chi connectivity index (χ2n) is 10.3. The predicted octanol–water partition coefficient (Wildman–Crippen LogP) is 4.33. The number of likely N-dealkylation sites (tertiary alicyclic amines) is 1. The highest BCUT2D eigenvalue weighted by atomic mass is 19.4. The molecule has 9 heteroatoms. The van der Waals surface area contributed by atoms with Gasteiger partial charge in [-0.2, -0.15) is 17.9 Å². The first-order valence-corrected chi connectivity index (χ1v) is 12.6. The third-order valence-corrected chi connectivity index (χ3v) is 7.84. The fourth-order valence-corrected chi connectivity index (χ4v) is 5.84. The largest absolute Gasteiger partial charge is 0.619 e. The predicted molar refractivity (Wildman–Crippen MR) is 131 cm³/mol. The zero-order chi connectivity index (χ0) is 26.2.